The number of phenols is 1. The molecule has 190 valence electrons. The van der Waals surface area contributed by atoms with Crippen LogP contribution in [0.1, 0.15) is 10.4 Å². The monoisotopic (exact) mass is 621 g/mol. The maximum absolute atomic E-state index is 12.6. The van der Waals surface area contributed by atoms with Crippen LogP contribution in [0, 0.1) is 3.57 Å². The SMILES string of the molecule is Cn1c(-c2cccc(NC(=O)C(=O)Nc3ccc(-n4ccnc4)cc3)c2)c(I)c2cc(C(=O)O)c(O)cc21. The van der Waals surface area contributed by atoms with Crippen LogP contribution < -0.4 is 10.6 Å². The van der Waals surface area contributed by atoms with Crippen LogP contribution >= 0.6 is 22.6 Å². The van der Waals surface area contributed by atoms with Gasteiger partial charge in [0, 0.05) is 57.1 Å². The highest BCUT2D eigenvalue weighted by Gasteiger charge is 2.20. The summed E-state index contributed by atoms with van der Waals surface area (Å²) in [4.78, 5) is 40.6. The van der Waals surface area contributed by atoms with Crippen LogP contribution in [0.3, 0.4) is 0 Å². The summed E-state index contributed by atoms with van der Waals surface area (Å²) < 4.78 is 4.43. The highest BCUT2D eigenvalue weighted by Crippen LogP contribution is 2.37. The number of carbonyl (C=O) groups is 3. The number of amides is 2. The van der Waals surface area contributed by atoms with E-state index in [4.69, 9.17) is 0 Å². The molecule has 2 aromatic heterocycles. The average Bonchev–Trinajstić information content (AvgIpc) is 3.51. The molecule has 0 spiro atoms. The van der Waals surface area contributed by atoms with E-state index in [1.165, 1.54) is 12.1 Å². The Balaban J connectivity index is 1.35. The van der Waals surface area contributed by atoms with Crippen molar-refractivity contribution in [2.24, 2.45) is 7.05 Å². The molecule has 0 fully saturated rings. The smallest absolute Gasteiger partial charge is 0.339 e. The zero-order chi connectivity index (χ0) is 27.0. The fourth-order valence-electron chi connectivity index (χ4n) is 4.17. The number of imidazole rings is 1. The zero-order valence-corrected chi connectivity index (χ0v) is 22.0. The van der Waals surface area contributed by atoms with Crippen LogP contribution in [0.4, 0.5) is 11.4 Å². The summed E-state index contributed by atoms with van der Waals surface area (Å²) in [7, 11) is 1.80. The van der Waals surface area contributed by atoms with Crippen LogP contribution in [0.25, 0.3) is 27.8 Å². The Hall–Kier alpha value is -4.65. The molecule has 0 aliphatic heterocycles. The standard InChI is InChI=1S/C27H20IN5O5/c1-32-21-13-22(34)20(27(37)38)12-19(21)23(28)24(32)15-3-2-4-17(11-15)31-26(36)25(35)30-16-5-7-18(8-6-16)33-10-9-29-14-33/h2-14,34H,1H3,(H,30,35)(H,31,36)(H,37,38). The Morgan fingerprint density at radius 3 is 2.32 bits per heavy atom. The molecule has 5 aromatic rings. The average molecular weight is 621 g/mol. The lowest BCUT2D eigenvalue weighted by atomic mass is 10.1. The summed E-state index contributed by atoms with van der Waals surface area (Å²) in [5.41, 5.74) is 3.71. The van der Waals surface area contributed by atoms with Crippen molar-refractivity contribution in [2.45, 2.75) is 0 Å². The number of hydrogen-bond acceptors (Lipinski definition) is 5. The van der Waals surface area contributed by atoms with Gasteiger partial charge < -0.3 is 30.0 Å². The topological polar surface area (TPSA) is 138 Å². The van der Waals surface area contributed by atoms with E-state index in [0.717, 1.165) is 20.5 Å². The summed E-state index contributed by atoms with van der Waals surface area (Å²) >= 11 is 2.13. The van der Waals surface area contributed by atoms with E-state index in [1.54, 1.807) is 68.2 Å². The number of carboxylic acid groups (broad SMARTS) is 1. The van der Waals surface area contributed by atoms with E-state index in [9.17, 15) is 24.6 Å². The second-order valence-corrected chi connectivity index (χ2v) is 9.50. The number of rotatable bonds is 5. The molecule has 0 atom stereocenters. The number of carboxylic acids is 1. The highest BCUT2D eigenvalue weighted by molar-refractivity contribution is 14.1. The van der Waals surface area contributed by atoms with Gasteiger partial charge in [0.15, 0.2) is 0 Å². The van der Waals surface area contributed by atoms with Gasteiger partial charge in [-0.25, -0.2) is 9.78 Å². The van der Waals surface area contributed by atoms with Crippen LogP contribution in [-0.2, 0) is 16.6 Å². The summed E-state index contributed by atoms with van der Waals surface area (Å²) in [6, 6.07) is 16.8. The molecule has 2 amide bonds. The molecule has 0 saturated carbocycles. The highest BCUT2D eigenvalue weighted by atomic mass is 127. The quantitative estimate of drug-likeness (QED) is 0.167. The second-order valence-electron chi connectivity index (χ2n) is 8.42. The van der Waals surface area contributed by atoms with Gasteiger partial charge in [-0.2, -0.15) is 0 Å². The number of fused-ring (bicyclic) bond motifs is 1. The minimum atomic E-state index is -1.22. The van der Waals surface area contributed by atoms with Crippen molar-refractivity contribution in [3.8, 4) is 22.7 Å². The Morgan fingerprint density at radius 2 is 1.66 bits per heavy atom. The maximum Gasteiger partial charge on any atom is 0.339 e. The lowest BCUT2D eigenvalue weighted by Crippen LogP contribution is -2.29. The second kappa shape index (κ2) is 10.0. The molecular weight excluding hydrogens is 601 g/mol. The van der Waals surface area contributed by atoms with Crippen molar-refractivity contribution in [3.05, 3.63) is 88.5 Å². The van der Waals surface area contributed by atoms with Gasteiger partial charge >= 0.3 is 17.8 Å². The summed E-state index contributed by atoms with van der Waals surface area (Å²) in [6.45, 7) is 0. The first kappa shape index (κ1) is 25.0. The molecule has 11 heteroatoms. The largest absolute Gasteiger partial charge is 0.507 e. The Labute approximate surface area is 229 Å². The fraction of sp³-hybridized carbons (Fsp3) is 0.0370. The van der Waals surface area contributed by atoms with Crippen molar-refractivity contribution >= 4 is 62.7 Å². The van der Waals surface area contributed by atoms with E-state index < -0.39 is 17.8 Å². The van der Waals surface area contributed by atoms with Crippen molar-refractivity contribution in [1.82, 2.24) is 14.1 Å². The molecule has 4 N–H and O–H groups in total. The predicted octanol–water partition coefficient (Wildman–Crippen LogP) is 4.62. The third-order valence-electron chi connectivity index (χ3n) is 6.01. The van der Waals surface area contributed by atoms with Gasteiger partial charge in [0.25, 0.3) is 0 Å². The Bertz CT molecular complexity index is 1710. The number of hydrogen-bond donors (Lipinski definition) is 4. The maximum atomic E-state index is 12.6. The predicted molar refractivity (Wildman–Crippen MR) is 151 cm³/mol. The molecular formula is C27H20IN5O5. The molecule has 0 radical (unpaired) electrons. The summed E-state index contributed by atoms with van der Waals surface area (Å²) in [6.07, 6.45) is 5.12. The van der Waals surface area contributed by atoms with Gasteiger partial charge in [-0.3, -0.25) is 9.59 Å². The van der Waals surface area contributed by atoms with E-state index in [0.29, 0.717) is 22.3 Å². The molecule has 0 bridgehead atoms. The first-order valence-electron chi connectivity index (χ1n) is 11.3. The number of nitrogens with zero attached hydrogens (tertiary/aromatic N) is 3. The van der Waals surface area contributed by atoms with E-state index >= 15 is 0 Å². The minimum absolute atomic E-state index is 0.184. The van der Waals surface area contributed by atoms with Crippen LogP contribution in [0.5, 0.6) is 5.75 Å². The first-order chi connectivity index (χ1) is 18.2. The van der Waals surface area contributed by atoms with Gasteiger partial charge in [-0.15, -0.1) is 0 Å². The van der Waals surface area contributed by atoms with Crippen LogP contribution in [-0.4, -0.2) is 42.1 Å². The normalized spacial score (nSPS) is 10.9. The number of aryl methyl sites for hydroxylation is 1. The van der Waals surface area contributed by atoms with E-state index in [2.05, 4.69) is 38.2 Å². The molecule has 0 unspecified atom stereocenters. The molecule has 0 saturated heterocycles. The zero-order valence-electron chi connectivity index (χ0n) is 19.8. The van der Waals surface area contributed by atoms with Gasteiger partial charge in [-0.05, 0) is 65.1 Å². The number of benzene rings is 3. The first-order valence-corrected chi connectivity index (χ1v) is 12.4. The lowest BCUT2D eigenvalue weighted by molar-refractivity contribution is -0.132. The summed E-state index contributed by atoms with van der Waals surface area (Å²) in [5, 5.41) is 25.4. The number of aromatic nitrogens is 3. The number of anilines is 2. The number of aromatic hydroxyl groups is 1. The van der Waals surface area contributed by atoms with Crippen molar-refractivity contribution in [3.63, 3.8) is 0 Å². The van der Waals surface area contributed by atoms with Crippen LogP contribution in [0.2, 0.25) is 0 Å². The Morgan fingerprint density at radius 1 is 0.947 bits per heavy atom. The van der Waals surface area contributed by atoms with Gasteiger partial charge in [0.1, 0.15) is 11.3 Å². The minimum Gasteiger partial charge on any atom is -0.507 e. The number of nitrogens with one attached hydrogen (secondary N) is 2. The van der Waals surface area contributed by atoms with E-state index in [1.807, 2.05) is 15.2 Å². The lowest BCUT2D eigenvalue weighted by Gasteiger charge is -2.10. The molecule has 0 aliphatic rings. The Kier molecular flexibility index (Phi) is 6.59. The van der Waals surface area contributed by atoms with Gasteiger partial charge in [0.2, 0.25) is 0 Å². The van der Waals surface area contributed by atoms with Crippen molar-refractivity contribution in [2.75, 3.05) is 10.6 Å². The molecule has 3 aromatic carbocycles. The molecule has 5 rings (SSSR count). The van der Waals surface area contributed by atoms with Crippen LogP contribution in [0.15, 0.2) is 79.4 Å². The molecule has 0 aliphatic carbocycles. The van der Waals surface area contributed by atoms with E-state index in [-0.39, 0.29) is 11.3 Å². The summed E-state index contributed by atoms with van der Waals surface area (Å²) in [5.74, 6) is -3.19. The third kappa shape index (κ3) is 4.70. The van der Waals surface area contributed by atoms with Crippen molar-refractivity contribution < 1.29 is 24.6 Å². The van der Waals surface area contributed by atoms with Gasteiger partial charge in [-0.1, -0.05) is 12.1 Å². The number of aromatic carboxylic acids is 1. The third-order valence-corrected chi connectivity index (χ3v) is 7.11. The molecule has 38 heavy (non-hydrogen) atoms. The molecule has 10 nitrogen and oxygen atoms in total. The van der Waals surface area contributed by atoms with Gasteiger partial charge in [0.05, 0.1) is 17.5 Å². The fourth-order valence-corrected chi connectivity index (χ4v) is 5.27. The number of carbonyl (C=O) groups excluding carboxylic acids is 2. The molecule has 2 heterocycles. The number of halogens is 1. The van der Waals surface area contributed by atoms with Crippen molar-refractivity contribution in [1.29, 1.82) is 0 Å².